The molecule has 0 saturated heterocycles. The second-order valence-electron chi connectivity index (χ2n) is 4.57. The molecule has 0 aliphatic rings. The Balaban J connectivity index is 1.90. The smallest absolute Gasteiger partial charge is 0.288 e. The Hall–Kier alpha value is -2.08. The second-order valence-corrected chi connectivity index (χ2v) is 5.64. The molecule has 0 aromatic heterocycles. The molecule has 0 saturated carbocycles. The number of carbonyl (C=O) groups excluding carboxylic acids is 1. The van der Waals surface area contributed by atoms with Crippen molar-refractivity contribution in [2.45, 2.75) is 17.1 Å². The first-order chi connectivity index (χ1) is 10.6. The topological polar surface area (TPSA) is 41.1 Å². The predicted octanol–water partition coefficient (Wildman–Crippen LogP) is 4.22. The summed E-state index contributed by atoms with van der Waals surface area (Å²) in [7, 11) is 1.83. The van der Waals surface area contributed by atoms with E-state index in [1.54, 1.807) is 24.3 Å². The quantitative estimate of drug-likeness (QED) is 0.782. The third-order valence-electron chi connectivity index (χ3n) is 2.97. The Kier molecular flexibility index (Phi) is 5.77. The predicted molar refractivity (Wildman–Crippen MR) is 86.6 cm³/mol. The summed E-state index contributed by atoms with van der Waals surface area (Å²) in [6, 6.07) is 13.9. The molecule has 2 aromatic carbocycles. The van der Waals surface area contributed by atoms with Crippen molar-refractivity contribution in [2.75, 3.05) is 17.7 Å². The number of rotatable bonds is 6. The molecular formula is C16H16F2N2OS. The van der Waals surface area contributed by atoms with Crippen LogP contribution in [-0.2, 0) is 11.2 Å². The molecule has 6 heteroatoms. The highest BCUT2D eigenvalue weighted by molar-refractivity contribution is 7.99. The number of amides is 1. The van der Waals surface area contributed by atoms with Crippen LogP contribution in [0.15, 0.2) is 53.4 Å². The minimum Gasteiger partial charge on any atom is -0.388 e. The van der Waals surface area contributed by atoms with Gasteiger partial charge in [0.1, 0.15) is 0 Å². The Morgan fingerprint density at radius 2 is 1.64 bits per heavy atom. The summed E-state index contributed by atoms with van der Waals surface area (Å²) in [6.45, 7) is 0. The van der Waals surface area contributed by atoms with E-state index >= 15 is 0 Å². The summed E-state index contributed by atoms with van der Waals surface area (Å²) >= 11 is 0.480. The summed E-state index contributed by atoms with van der Waals surface area (Å²) in [5.74, 6) is -2.59. The van der Waals surface area contributed by atoms with Gasteiger partial charge < -0.3 is 10.6 Å². The maximum absolute atomic E-state index is 12.2. The first kappa shape index (κ1) is 16.3. The van der Waals surface area contributed by atoms with Crippen LogP contribution in [0.4, 0.5) is 20.2 Å². The third-order valence-corrected chi connectivity index (χ3v) is 3.69. The van der Waals surface area contributed by atoms with E-state index in [1.807, 2.05) is 31.3 Å². The van der Waals surface area contributed by atoms with Crippen molar-refractivity contribution < 1.29 is 13.6 Å². The van der Waals surface area contributed by atoms with E-state index in [2.05, 4.69) is 10.6 Å². The van der Waals surface area contributed by atoms with Crippen LogP contribution in [0.3, 0.4) is 0 Å². The van der Waals surface area contributed by atoms with Crippen LogP contribution >= 0.6 is 11.8 Å². The van der Waals surface area contributed by atoms with E-state index in [-0.39, 0.29) is 12.3 Å². The molecule has 0 heterocycles. The molecule has 0 fully saturated rings. The highest BCUT2D eigenvalue weighted by Crippen LogP contribution is 2.26. The molecule has 0 aliphatic heterocycles. The van der Waals surface area contributed by atoms with Crippen LogP contribution in [-0.4, -0.2) is 18.7 Å². The zero-order valence-corrected chi connectivity index (χ0v) is 12.8. The normalized spacial score (nSPS) is 10.5. The number of anilines is 2. The first-order valence-corrected chi connectivity index (χ1v) is 7.56. The second kappa shape index (κ2) is 7.79. The van der Waals surface area contributed by atoms with Crippen molar-refractivity contribution in [3.63, 3.8) is 0 Å². The number of halogens is 2. The lowest BCUT2D eigenvalue weighted by Crippen LogP contribution is -2.14. The summed E-state index contributed by atoms with van der Waals surface area (Å²) in [6.07, 6.45) is 0.261. The standard InChI is InChI=1S/C16H16F2N2OS/c1-19-12-4-2-11(3-5-12)10-15(21)20-13-6-8-14(9-7-13)22-16(17)18/h2-9,16,19H,10H2,1H3,(H,20,21). The molecule has 0 bridgehead atoms. The van der Waals surface area contributed by atoms with Gasteiger partial charge in [-0.2, -0.15) is 8.78 Å². The highest BCUT2D eigenvalue weighted by Gasteiger charge is 2.07. The Morgan fingerprint density at radius 3 is 2.18 bits per heavy atom. The van der Waals surface area contributed by atoms with Crippen LogP contribution in [0.5, 0.6) is 0 Å². The molecule has 2 aromatic rings. The molecule has 2 rings (SSSR count). The molecule has 2 N–H and O–H groups in total. The minimum atomic E-state index is -2.44. The first-order valence-electron chi connectivity index (χ1n) is 6.68. The van der Waals surface area contributed by atoms with Gasteiger partial charge in [-0.15, -0.1) is 0 Å². The molecule has 0 aliphatic carbocycles. The zero-order valence-electron chi connectivity index (χ0n) is 12.0. The van der Waals surface area contributed by atoms with Gasteiger partial charge >= 0.3 is 0 Å². The summed E-state index contributed by atoms with van der Waals surface area (Å²) in [4.78, 5) is 12.4. The molecule has 3 nitrogen and oxygen atoms in total. The van der Waals surface area contributed by atoms with Gasteiger partial charge in [0, 0.05) is 23.3 Å². The van der Waals surface area contributed by atoms with Gasteiger partial charge in [-0.05, 0) is 42.0 Å². The van der Waals surface area contributed by atoms with Gasteiger partial charge in [0.15, 0.2) is 0 Å². The molecule has 0 spiro atoms. The lowest BCUT2D eigenvalue weighted by molar-refractivity contribution is -0.115. The number of nitrogens with one attached hydrogen (secondary N) is 2. The Morgan fingerprint density at radius 1 is 1.05 bits per heavy atom. The zero-order chi connectivity index (χ0) is 15.9. The van der Waals surface area contributed by atoms with Gasteiger partial charge in [0.05, 0.1) is 6.42 Å². The van der Waals surface area contributed by atoms with E-state index in [0.717, 1.165) is 11.3 Å². The minimum absolute atomic E-state index is 0.147. The van der Waals surface area contributed by atoms with E-state index in [4.69, 9.17) is 0 Å². The highest BCUT2D eigenvalue weighted by atomic mass is 32.2. The van der Waals surface area contributed by atoms with E-state index in [9.17, 15) is 13.6 Å². The van der Waals surface area contributed by atoms with Crippen molar-refractivity contribution in [3.05, 3.63) is 54.1 Å². The molecule has 0 unspecified atom stereocenters. The third kappa shape index (κ3) is 5.04. The largest absolute Gasteiger partial charge is 0.388 e. The Labute approximate surface area is 132 Å². The fourth-order valence-electron chi connectivity index (χ4n) is 1.90. The van der Waals surface area contributed by atoms with Gasteiger partial charge in [0.2, 0.25) is 5.91 Å². The van der Waals surface area contributed by atoms with E-state index in [0.29, 0.717) is 22.3 Å². The number of hydrogen-bond donors (Lipinski definition) is 2. The molecule has 0 atom stereocenters. The van der Waals surface area contributed by atoms with Crippen molar-refractivity contribution in [3.8, 4) is 0 Å². The summed E-state index contributed by atoms with van der Waals surface area (Å²) < 4.78 is 24.4. The lowest BCUT2D eigenvalue weighted by Gasteiger charge is -2.07. The molecular weight excluding hydrogens is 306 g/mol. The molecule has 1 amide bonds. The fourth-order valence-corrected chi connectivity index (χ4v) is 2.40. The lowest BCUT2D eigenvalue weighted by atomic mass is 10.1. The molecule has 22 heavy (non-hydrogen) atoms. The number of hydrogen-bond acceptors (Lipinski definition) is 3. The average molecular weight is 322 g/mol. The number of benzene rings is 2. The van der Waals surface area contributed by atoms with Crippen LogP contribution < -0.4 is 10.6 Å². The summed E-state index contributed by atoms with van der Waals surface area (Å²) in [5.41, 5.74) is 2.48. The van der Waals surface area contributed by atoms with Crippen LogP contribution in [0.1, 0.15) is 5.56 Å². The molecule has 116 valence electrons. The maximum Gasteiger partial charge on any atom is 0.288 e. The van der Waals surface area contributed by atoms with Crippen molar-refractivity contribution in [1.29, 1.82) is 0 Å². The Bertz CT molecular complexity index is 615. The van der Waals surface area contributed by atoms with Crippen molar-refractivity contribution >= 4 is 29.0 Å². The van der Waals surface area contributed by atoms with Crippen LogP contribution in [0, 0.1) is 0 Å². The number of alkyl halides is 2. The summed E-state index contributed by atoms with van der Waals surface area (Å²) in [5, 5.41) is 5.76. The van der Waals surface area contributed by atoms with Gasteiger partial charge in [-0.3, -0.25) is 4.79 Å². The van der Waals surface area contributed by atoms with Crippen molar-refractivity contribution in [1.82, 2.24) is 0 Å². The van der Waals surface area contributed by atoms with Crippen LogP contribution in [0.2, 0.25) is 0 Å². The van der Waals surface area contributed by atoms with Gasteiger partial charge in [-0.1, -0.05) is 23.9 Å². The fraction of sp³-hybridized carbons (Fsp3) is 0.188. The molecule has 0 radical (unpaired) electrons. The monoisotopic (exact) mass is 322 g/mol. The average Bonchev–Trinajstić information content (AvgIpc) is 2.49. The van der Waals surface area contributed by atoms with Gasteiger partial charge in [-0.25, -0.2) is 0 Å². The van der Waals surface area contributed by atoms with E-state index < -0.39 is 5.76 Å². The SMILES string of the molecule is CNc1ccc(CC(=O)Nc2ccc(SC(F)F)cc2)cc1. The number of carbonyl (C=O) groups is 1. The number of thioether (sulfide) groups is 1. The van der Waals surface area contributed by atoms with E-state index in [1.165, 1.54) is 0 Å². The maximum atomic E-state index is 12.2. The van der Waals surface area contributed by atoms with Crippen LogP contribution in [0.25, 0.3) is 0 Å². The van der Waals surface area contributed by atoms with Crippen molar-refractivity contribution in [2.24, 2.45) is 0 Å². The van der Waals surface area contributed by atoms with Gasteiger partial charge in [0.25, 0.3) is 5.76 Å².